The molecule has 1 heterocycles. The van der Waals surface area contributed by atoms with Gasteiger partial charge in [0, 0.05) is 28.6 Å². The Morgan fingerprint density at radius 3 is 2.39 bits per heavy atom. The predicted octanol–water partition coefficient (Wildman–Crippen LogP) is 5.46. The second kappa shape index (κ2) is 10.2. The Morgan fingerprint density at radius 2 is 1.64 bits per heavy atom. The summed E-state index contributed by atoms with van der Waals surface area (Å²) in [7, 11) is 0. The van der Waals surface area contributed by atoms with Crippen molar-refractivity contribution in [3.05, 3.63) is 95.1 Å². The van der Waals surface area contributed by atoms with Gasteiger partial charge >= 0.3 is 5.97 Å². The largest absolute Gasteiger partial charge is 0.493 e. The van der Waals surface area contributed by atoms with Gasteiger partial charge in [-0.25, -0.2) is 0 Å². The van der Waals surface area contributed by atoms with Gasteiger partial charge in [0.25, 0.3) is 0 Å². The van der Waals surface area contributed by atoms with Crippen molar-refractivity contribution in [1.29, 1.82) is 0 Å². The number of hydrogen-bond acceptors (Lipinski definition) is 4. The van der Waals surface area contributed by atoms with E-state index in [9.17, 15) is 9.59 Å². The lowest BCUT2D eigenvalue weighted by molar-refractivity contribution is -0.137. The number of carboxylic acids is 1. The summed E-state index contributed by atoms with van der Waals surface area (Å²) in [4.78, 5) is 23.9. The highest BCUT2D eigenvalue weighted by Crippen LogP contribution is 2.28. The summed E-state index contributed by atoms with van der Waals surface area (Å²) in [5, 5.41) is 10.4. The molecule has 0 bridgehead atoms. The molecule has 0 fully saturated rings. The van der Waals surface area contributed by atoms with Crippen molar-refractivity contribution in [3.63, 3.8) is 0 Å². The Hall–Kier alpha value is -3.77. The van der Waals surface area contributed by atoms with Gasteiger partial charge in [0.15, 0.2) is 5.78 Å². The summed E-state index contributed by atoms with van der Waals surface area (Å²) in [6, 6.07) is 21.4. The summed E-state index contributed by atoms with van der Waals surface area (Å²) < 4.78 is 13.5. The van der Waals surface area contributed by atoms with Crippen LogP contribution in [0.2, 0.25) is 5.02 Å². The van der Waals surface area contributed by atoms with Crippen LogP contribution in [-0.2, 0) is 11.3 Å². The first kappa shape index (κ1) is 22.4. The van der Waals surface area contributed by atoms with Gasteiger partial charge in [-0.15, -0.1) is 0 Å². The SMILES string of the molecule is O=C(O)Cn1ccc2c(OCCCOc3ccc(Cl)cc3C(=O)c3ccccc3)cccc21. The Balaban J connectivity index is 1.37. The molecule has 0 aliphatic heterocycles. The van der Waals surface area contributed by atoms with E-state index in [0.29, 0.717) is 47.3 Å². The predicted molar refractivity (Wildman–Crippen MR) is 127 cm³/mol. The molecule has 0 amide bonds. The number of carbonyl (C=O) groups is 2. The summed E-state index contributed by atoms with van der Waals surface area (Å²) >= 11 is 6.12. The number of hydrogen-bond donors (Lipinski definition) is 1. The molecule has 7 heteroatoms. The van der Waals surface area contributed by atoms with E-state index in [4.69, 9.17) is 26.2 Å². The maximum absolute atomic E-state index is 12.9. The van der Waals surface area contributed by atoms with Crippen molar-refractivity contribution in [2.45, 2.75) is 13.0 Å². The number of carbonyl (C=O) groups excluding carboxylic acids is 1. The van der Waals surface area contributed by atoms with Crippen LogP contribution in [0.1, 0.15) is 22.3 Å². The van der Waals surface area contributed by atoms with Crippen LogP contribution >= 0.6 is 11.6 Å². The van der Waals surface area contributed by atoms with Crippen LogP contribution in [0, 0.1) is 0 Å². The molecule has 1 N–H and O–H groups in total. The number of ether oxygens (including phenoxy) is 2. The van der Waals surface area contributed by atoms with Gasteiger partial charge in [0.05, 0.1) is 24.3 Å². The molecule has 4 aromatic rings. The minimum Gasteiger partial charge on any atom is -0.493 e. The summed E-state index contributed by atoms with van der Waals surface area (Å²) in [5.74, 6) is 0.106. The third kappa shape index (κ3) is 5.35. The van der Waals surface area contributed by atoms with Crippen LogP contribution in [0.4, 0.5) is 0 Å². The number of nitrogens with zero attached hydrogens (tertiary/aromatic N) is 1. The standard InChI is InChI=1S/C26H22ClNO5/c27-19-10-11-24(21(16-19)26(31)18-6-2-1-3-7-18)33-15-5-14-32-23-9-4-8-22-20(23)12-13-28(22)17-25(29)30/h1-4,6-13,16H,5,14-15,17H2,(H,29,30). The molecular formula is C26H22ClNO5. The normalized spacial score (nSPS) is 10.8. The minimum atomic E-state index is -0.900. The van der Waals surface area contributed by atoms with Gasteiger partial charge in [-0.05, 0) is 36.4 Å². The third-order valence-electron chi connectivity index (χ3n) is 5.11. The van der Waals surface area contributed by atoms with E-state index < -0.39 is 5.97 Å². The van der Waals surface area contributed by atoms with Crippen LogP contribution < -0.4 is 9.47 Å². The topological polar surface area (TPSA) is 77.8 Å². The zero-order chi connectivity index (χ0) is 23.2. The van der Waals surface area contributed by atoms with Crippen LogP contribution in [0.15, 0.2) is 79.0 Å². The quantitative estimate of drug-likeness (QED) is 0.249. The van der Waals surface area contributed by atoms with E-state index in [1.54, 1.807) is 41.1 Å². The van der Waals surface area contributed by atoms with Gasteiger partial charge in [-0.2, -0.15) is 0 Å². The molecule has 0 saturated heterocycles. The number of aliphatic carboxylic acids is 1. The number of ketones is 1. The molecule has 168 valence electrons. The molecule has 0 unspecified atom stereocenters. The maximum atomic E-state index is 12.9. The van der Waals surface area contributed by atoms with Gasteiger partial charge in [-0.1, -0.05) is 48.0 Å². The number of fused-ring (bicyclic) bond motifs is 1. The molecule has 3 aromatic carbocycles. The lowest BCUT2D eigenvalue weighted by Crippen LogP contribution is -2.09. The molecular weight excluding hydrogens is 442 g/mol. The summed E-state index contributed by atoms with van der Waals surface area (Å²) in [6.07, 6.45) is 2.33. The first-order chi connectivity index (χ1) is 16.0. The highest BCUT2D eigenvalue weighted by Gasteiger charge is 2.15. The smallest absolute Gasteiger partial charge is 0.323 e. The second-order valence-corrected chi connectivity index (χ2v) is 7.85. The molecule has 0 radical (unpaired) electrons. The molecule has 0 saturated carbocycles. The molecule has 0 atom stereocenters. The molecule has 4 rings (SSSR count). The highest BCUT2D eigenvalue weighted by molar-refractivity contribution is 6.31. The van der Waals surface area contributed by atoms with Crippen molar-refractivity contribution in [2.75, 3.05) is 13.2 Å². The highest BCUT2D eigenvalue weighted by atomic mass is 35.5. The molecule has 0 aliphatic rings. The van der Waals surface area contributed by atoms with Crippen LogP contribution in [-0.4, -0.2) is 34.6 Å². The van der Waals surface area contributed by atoms with Crippen molar-refractivity contribution < 1.29 is 24.2 Å². The Kier molecular flexibility index (Phi) is 6.95. The molecule has 33 heavy (non-hydrogen) atoms. The van der Waals surface area contributed by atoms with E-state index in [0.717, 1.165) is 10.9 Å². The molecule has 6 nitrogen and oxygen atoms in total. The van der Waals surface area contributed by atoms with E-state index >= 15 is 0 Å². The first-order valence-electron chi connectivity index (χ1n) is 10.5. The third-order valence-corrected chi connectivity index (χ3v) is 5.34. The van der Waals surface area contributed by atoms with Crippen molar-refractivity contribution >= 4 is 34.3 Å². The average molecular weight is 464 g/mol. The second-order valence-electron chi connectivity index (χ2n) is 7.41. The van der Waals surface area contributed by atoms with Crippen LogP contribution in [0.25, 0.3) is 10.9 Å². The number of carboxylic acid groups (broad SMARTS) is 1. The molecule has 0 spiro atoms. The van der Waals surface area contributed by atoms with E-state index in [-0.39, 0.29) is 12.3 Å². The fraction of sp³-hybridized carbons (Fsp3) is 0.154. The average Bonchev–Trinajstić information content (AvgIpc) is 3.22. The van der Waals surface area contributed by atoms with Crippen LogP contribution in [0.3, 0.4) is 0 Å². The van der Waals surface area contributed by atoms with Gasteiger partial charge in [-0.3, -0.25) is 9.59 Å². The molecule has 1 aromatic heterocycles. The van der Waals surface area contributed by atoms with Gasteiger partial charge in [0.1, 0.15) is 18.0 Å². The lowest BCUT2D eigenvalue weighted by Gasteiger charge is -2.12. The maximum Gasteiger partial charge on any atom is 0.323 e. The first-order valence-corrected chi connectivity index (χ1v) is 10.9. The van der Waals surface area contributed by atoms with E-state index in [1.807, 2.05) is 42.5 Å². The lowest BCUT2D eigenvalue weighted by atomic mass is 10.0. The Labute approximate surface area is 195 Å². The van der Waals surface area contributed by atoms with Crippen molar-refractivity contribution in [1.82, 2.24) is 4.57 Å². The van der Waals surface area contributed by atoms with Crippen LogP contribution in [0.5, 0.6) is 11.5 Å². The summed E-state index contributed by atoms with van der Waals surface area (Å²) in [6.45, 7) is 0.650. The van der Waals surface area contributed by atoms with Gasteiger partial charge in [0.2, 0.25) is 0 Å². The summed E-state index contributed by atoms with van der Waals surface area (Å²) in [5.41, 5.74) is 1.78. The monoisotopic (exact) mass is 463 g/mol. The van der Waals surface area contributed by atoms with E-state index in [2.05, 4.69) is 0 Å². The fourth-order valence-corrected chi connectivity index (χ4v) is 3.75. The van der Waals surface area contributed by atoms with Crippen molar-refractivity contribution in [2.24, 2.45) is 0 Å². The Bertz CT molecular complexity index is 1280. The number of benzene rings is 3. The van der Waals surface area contributed by atoms with E-state index in [1.165, 1.54) is 0 Å². The number of halogens is 1. The molecule has 0 aliphatic carbocycles. The minimum absolute atomic E-state index is 0.105. The zero-order valence-corrected chi connectivity index (χ0v) is 18.5. The zero-order valence-electron chi connectivity index (χ0n) is 17.7. The van der Waals surface area contributed by atoms with Gasteiger partial charge < -0.3 is 19.1 Å². The number of aromatic nitrogens is 1. The number of rotatable bonds is 10. The van der Waals surface area contributed by atoms with Crippen molar-refractivity contribution in [3.8, 4) is 11.5 Å². The Morgan fingerprint density at radius 1 is 0.879 bits per heavy atom. The fourth-order valence-electron chi connectivity index (χ4n) is 3.58.